The molecule has 1 aliphatic carbocycles. The fourth-order valence-electron chi connectivity index (χ4n) is 3.13. The highest BCUT2D eigenvalue weighted by atomic mass is 19.1. The molecule has 142 valence electrons. The number of ether oxygens (including phenoxy) is 1. The van der Waals surface area contributed by atoms with Crippen molar-refractivity contribution in [2.75, 3.05) is 18.5 Å². The number of amides is 1. The van der Waals surface area contributed by atoms with E-state index in [0.29, 0.717) is 5.69 Å². The van der Waals surface area contributed by atoms with Crippen molar-refractivity contribution in [1.82, 2.24) is 4.57 Å². The van der Waals surface area contributed by atoms with Gasteiger partial charge in [-0.1, -0.05) is 6.07 Å². The van der Waals surface area contributed by atoms with Gasteiger partial charge in [0.25, 0.3) is 5.56 Å². The van der Waals surface area contributed by atoms with E-state index in [0.717, 1.165) is 6.07 Å². The van der Waals surface area contributed by atoms with Crippen LogP contribution < -0.4 is 10.9 Å². The molecule has 1 aromatic carbocycles. The minimum Gasteiger partial charge on any atom is -0.466 e. The molecule has 27 heavy (non-hydrogen) atoms. The van der Waals surface area contributed by atoms with E-state index in [-0.39, 0.29) is 24.5 Å². The van der Waals surface area contributed by atoms with E-state index in [9.17, 15) is 23.9 Å². The maximum Gasteiger partial charge on any atom is 0.310 e. The average molecular weight is 374 g/mol. The topological polar surface area (TPSA) is 97.6 Å². The fourth-order valence-corrected chi connectivity index (χ4v) is 3.13. The van der Waals surface area contributed by atoms with Crippen LogP contribution in [0.3, 0.4) is 0 Å². The Morgan fingerprint density at radius 3 is 2.67 bits per heavy atom. The summed E-state index contributed by atoms with van der Waals surface area (Å²) in [4.78, 5) is 36.0. The van der Waals surface area contributed by atoms with Gasteiger partial charge in [0, 0.05) is 30.9 Å². The standard InChI is InChI=1S/C19H19FN2O5/c1-2-27-19(26)17-12(10-23)16(17)18(25)21-14-7-6-11(9-13(14)20)22-8-4-3-5-15(22)24/h3-9,12,16-17,23H,2,10H2,1H3,(H,21,25)/t12-,16-,17-/m0/s1. The Morgan fingerprint density at radius 1 is 1.26 bits per heavy atom. The minimum atomic E-state index is -0.759. The highest BCUT2D eigenvalue weighted by Crippen LogP contribution is 2.47. The minimum absolute atomic E-state index is 0.0704. The first kappa shape index (κ1) is 18.8. The van der Waals surface area contributed by atoms with Crippen LogP contribution in [0, 0.1) is 23.6 Å². The van der Waals surface area contributed by atoms with Gasteiger partial charge in [-0.3, -0.25) is 19.0 Å². The third-order valence-corrected chi connectivity index (χ3v) is 4.55. The van der Waals surface area contributed by atoms with Crippen LogP contribution in [0.1, 0.15) is 6.92 Å². The molecule has 1 aliphatic rings. The zero-order valence-corrected chi connectivity index (χ0v) is 14.6. The van der Waals surface area contributed by atoms with Gasteiger partial charge in [-0.05, 0) is 25.1 Å². The number of rotatable bonds is 6. The normalized spacial score (nSPS) is 20.8. The summed E-state index contributed by atoms with van der Waals surface area (Å²) in [6, 6.07) is 8.56. The van der Waals surface area contributed by atoms with Gasteiger partial charge in [0.1, 0.15) is 5.82 Å². The van der Waals surface area contributed by atoms with Crippen molar-refractivity contribution in [3.05, 3.63) is 58.8 Å². The van der Waals surface area contributed by atoms with Crippen molar-refractivity contribution >= 4 is 17.6 Å². The zero-order chi connectivity index (χ0) is 19.6. The number of hydrogen-bond acceptors (Lipinski definition) is 5. The van der Waals surface area contributed by atoms with Gasteiger partial charge >= 0.3 is 5.97 Å². The predicted octanol–water partition coefficient (Wildman–Crippen LogP) is 1.33. The molecule has 2 aromatic rings. The Kier molecular flexibility index (Phi) is 5.36. The summed E-state index contributed by atoms with van der Waals surface area (Å²) in [5.41, 5.74) is -0.0613. The molecule has 0 spiro atoms. The number of anilines is 1. The number of aromatic nitrogens is 1. The Labute approximate surface area is 154 Å². The summed E-state index contributed by atoms with van der Waals surface area (Å²) in [5, 5.41) is 11.8. The second-order valence-corrected chi connectivity index (χ2v) is 6.21. The molecular weight excluding hydrogens is 355 g/mol. The van der Waals surface area contributed by atoms with Crippen molar-refractivity contribution < 1.29 is 23.8 Å². The van der Waals surface area contributed by atoms with E-state index in [4.69, 9.17) is 4.74 Å². The number of esters is 1. The Morgan fingerprint density at radius 2 is 2.04 bits per heavy atom. The lowest BCUT2D eigenvalue weighted by atomic mass is 10.2. The van der Waals surface area contributed by atoms with E-state index in [1.165, 1.54) is 29.0 Å². The van der Waals surface area contributed by atoms with E-state index < -0.39 is 35.4 Å². The average Bonchev–Trinajstić information content (AvgIpc) is 3.39. The molecule has 0 aliphatic heterocycles. The highest BCUT2D eigenvalue weighted by molar-refractivity contribution is 5.99. The maximum absolute atomic E-state index is 14.4. The number of benzene rings is 1. The molecule has 0 radical (unpaired) electrons. The molecule has 3 rings (SSSR count). The molecule has 0 saturated heterocycles. The third-order valence-electron chi connectivity index (χ3n) is 4.55. The first-order valence-corrected chi connectivity index (χ1v) is 8.54. The molecule has 7 nitrogen and oxygen atoms in total. The van der Waals surface area contributed by atoms with Crippen LogP contribution in [-0.2, 0) is 14.3 Å². The lowest BCUT2D eigenvalue weighted by Crippen LogP contribution is -2.19. The molecule has 3 atom stereocenters. The second-order valence-electron chi connectivity index (χ2n) is 6.21. The largest absolute Gasteiger partial charge is 0.466 e. The predicted molar refractivity (Wildman–Crippen MR) is 94.8 cm³/mol. The fraction of sp³-hybridized carbons (Fsp3) is 0.316. The van der Waals surface area contributed by atoms with Gasteiger partial charge in [0.05, 0.1) is 29.8 Å². The van der Waals surface area contributed by atoms with E-state index >= 15 is 0 Å². The lowest BCUT2D eigenvalue weighted by molar-refractivity contribution is -0.146. The van der Waals surface area contributed by atoms with Crippen molar-refractivity contribution in [1.29, 1.82) is 0 Å². The molecule has 1 aromatic heterocycles. The SMILES string of the molecule is CCOC(=O)[C@H]1[C@@H](CO)[C@@H]1C(=O)Nc1ccc(-n2ccccc2=O)cc1F. The van der Waals surface area contributed by atoms with Gasteiger partial charge < -0.3 is 15.2 Å². The summed E-state index contributed by atoms with van der Waals surface area (Å²) in [6.45, 7) is 1.50. The van der Waals surface area contributed by atoms with Crippen LogP contribution in [0.25, 0.3) is 5.69 Å². The monoisotopic (exact) mass is 374 g/mol. The zero-order valence-electron chi connectivity index (χ0n) is 14.6. The third kappa shape index (κ3) is 3.75. The number of carbonyl (C=O) groups excluding carboxylic acids is 2. The van der Waals surface area contributed by atoms with Crippen LogP contribution in [0.15, 0.2) is 47.4 Å². The molecular formula is C19H19FN2O5. The van der Waals surface area contributed by atoms with Gasteiger partial charge in [0.15, 0.2) is 0 Å². The van der Waals surface area contributed by atoms with Crippen LogP contribution >= 0.6 is 0 Å². The molecule has 8 heteroatoms. The number of aliphatic hydroxyl groups excluding tert-OH is 1. The number of pyridine rings is 1. The smallest absolute Gasteiger partial charge is 0.310 e. The molecule has 1 heterocycles. The lowest BCUT2D eigenvalue weighted by Gasteiger charge is -2.10. The Balaban J connectivity index is 1.75. The number of hydrogen-bond donors (Lipinski definition) is 2. The molecule has 0 bridgehead atoms. The molecule has 1 fully saturated rings. The summed E-state index contributed by atoms with van der Waals surface area (Å²) < 4.78 is 20.6. The van der Waals surface area contributed by atoms with Gasteiger partial charge in [-0.2, -0.15) is 0 Å². The van der Waals surface area contributed by atoms with Crippen molar-refractivity contribution in [2.45, 2.75) is 6.92 Å². The van der Waals surface area contributed by atoms with Crippen LogP contribution in [0.5, 0.6) is 0 Å². The molecule has 0 unspecified atom stereocenters. The molecule has 1 saturated carbocycles. The first-order valence-electron chi connectivity index (χ1n) is 8.54. The number of carbonyl (C=O) groups is 2. The van der Waals surface area contributed by atoms with Crippen molar-refractivity contribution in [3.8, 4) is 5.69 Å². The van der Waals surface area contributed by atoms with Gasteiger partial charge in [-0.25, -0.2) is 4.39 Å². The number of aliphatic hydroxyl groups is 1. The van der Waals surface area contributed by atoms with Gasteiger partial charge in [0.2, 0.25) is 5.91 Å². The Hall–Kier alpha value is -3.00. The van der Waals surface area contributed by atoms with E-state index in [1.54, 1.807) is 19.1 Å². The number of nitrogens with zero attached hydrogens (tertiary/aromatic N) is 1. The summed E-state index contributed by atoms with van der Waals surface area (Å²) in [5.74, 6) is -3.84. The van der Waals surface area contributed by atoms with Gasteiger partial charge in [-0.15, -0.1) is 0 Å². The van der Waals surface area contributed by atoms with E-state index in [1.807, 2.05) is 0 Å². The second kappa shape index (κ2) is 7.71. The van der Waals surface area contributed by atoms with Crippen LogP contribution in [-0.4, -0.2) is 34.8 Å². The van der Waals surface area contributed by atoms with Crippen LogP contribution in [0.4, 0.5) is 10.1 Å². The van der Waals surface area contributed by atoms with Crippen molar-refractivity contribution in [3.63, 3.8) is 0 Å². The Bertz CT molecular complexity index is 926. The van der Waals surface area contributed by atoms with E-state index in [2.05, 4.69) is 5.32 Å². The number of halogens is 1. The first-order chi connectivity index (χ1) is 13.0. The number of nitrogens with one attached hydrogen (secondary N) is 1. The van der Waals surface area contributed by atoms with Crippen LogP contribution in [0.2, 0.25) is 0 Å². The molecule has 1 amide bonds. The summed E-state index contributed by atoms with van der Waals surface area (Å²) in [7, 11) is 0. The van der Waals surface area contributed by atoms with Crippen molar-refractivity contribution in [2.24, 2.45) is 17.8 Å². The summed E-state index contributed by atoms with van der Waals surface area (Å²) >= 11 is 0. The molecule has 2 N–H and O–H groups in total. The maximum atomic E-state index is 14.4. The quantitative estimate of drug-likeness (QED) is 0.744. The highest BCUT2D eigenvalue weighted by Gasteiger charge is 2.59. The summed E-state index contributed by atoms with van der Waals surface area (Å²) in [6.07, 6.45) is 1.51.